The van der Waals surface area contributed by atoms with Gasteiger partial charge in [-0.1, -0.05) is 35.0 Å². The van der Waals surface area contributed by atoms with E-state index in [0.717, 1.165) is 29.8 Å². The number of nitrogens with two attached hydrogens (primary N) is 1. The second-order valence-electron chi connectivity index (χ2n) is 4.74. The molecule has 1 aliphatic rings. The van der Waals surface area contributed by atoms with Crippen molar-refractivity contribution in [2.75, 3.05) is 18.9 Å². The average Bonchev–Trinajstić information content (AvgIpc) is 2.97. The van der Waals surface area contributed by atoms with Crippen LogP contribution in [0, 0.1) is 6.92 Å². The van der Waals surface area contributed by atoms with Crippen LogP contribution >= 0.6 is 0 Å². The number of hydrogen-bond acceptors (Lipinski definition) is 4. The van der Waals surface area contributed by atoms with Crippen LogP contribution in [0.15, 0.2) is 28.8 Å². The summed E-state index contributed by atoms with van der Waals surface area (Å²) >= 11 is 0. The van der Waals surface area contributed by atoms with Crippen molar-refractivity contribution in [1.29, 1.82) is 0 Å². The standard InChI is InChI=1S/C14H16N2O2/c1-9-3-2-4-10(7-9)12-13(16-18-14(12)15)11-5-6-17-8-11/h2-4,7,11H,5-6,8,15H2,1H3. The van der Waals surface area contributed by atoms with E-state index >= 15 is 0 Å². The molecule has 0 radical (unpaired) electrons. The third-order valence-corrected chi connectivity index (χ3v) is 3.37. The van der Waals surface area contributed by atoms with Gasteiger partial charge in [0.05, 0.1) is 17.9 Å². The van der Waals surface area contributed by atoms with Crippen molar-refractivity contribution in [3.05, 3.63) is 35.5 Å². The minimum Gasteiger partial charge on any atom is -0.381 e. The van der Waals surface area contributed by atoms with Crippen molar-refractivity contribution in [3.8, 4) is 11.1 Å². The number of aryl methyl sites for hydroxylation is 1. The molecule has 0 aliphatic carbocycles. The SMILES string of the molecule is Cc1cccc(-c2c(C3CCOC3)noc2N)c1. The third-order valence-electron chi connectivity index (χ3n) is 3.37. The van der Waals surface area contributed by atoms with Gasteiger partial charge in [0.25, 0.3) is 0 Å². The molecule has 2 heterocycles. The Kier molecular flexibility index (Phi) is 2.80. The maximum Gasteiger partial charge on any atom is 0.230 e. The molecule has 1 aromatic heterocycles. The number of nitrogens with zero attached hydrogens (tertiary/aromatic N) is 1. The van der Waals surface area contributed by atoms with Crippen LogP contribution in [-0.2, 0) is 4.74 Å². The number of benzene rings is 1. The maximum absolute atomic E-state index is 5.92. The first kappa shape index (κ1) is 11.3. The normalized spacial score (nSPS) is 19.3. The number of nitrogen functional groups attached to an aromatic ring is 1. The summed E-state index contributed by atoms with van der Waals surface area (Å²) in [5, 5.41) is 4.12. The van der Waals surface area contributed by atoms with Gasteiger partial charge in [-0.3, -0.25) is 0 Å². The molecule has 4 nitrogen and oxygen atoms in total. The fourth-order valence-corrected chi connectivity index (χ4v) is 2.44. The molecular weight excluding hydrogens is 228 g/mol. The Bertz CT molecular complexity index is 557. The predicted octanol–water partition coefficient (Wildman–Crippen LogP) is 2.74. The Labute approximate surface area is 106 Å². The monoisotopic (exact) mass is 244 g/mol. The largest absolute Gasteiger partial charge is 0.381 e. The zero-order valence-corrected chi connectivity index (χ0v) is 10.3. The van der Waals surface area contributed by atoms with E-state index in [9.17, 15) is 0 Å². The van der Waals surface area contributed by atoms with E-state index in [-0.39, 0.29) is 0 Å². The van der Waals surface area contributed by atoms with Gasteiger partial charge in [-0.25, -0.2) is 0 Å². The topological polar surface area (TPSA) is 61.3 Å². The van der Waals surface area contributed by atoms with E-state index < -0.39 is 0 Å². The highest BCUT2D eigenvalue weighted by molar-refractivity contribution is 5.76. The second kappa shape index (κ2) is 4.46. The summed E-state index contributed by atoms with van der Waals surface area (Å²) in [5.74, 6) is 0.684. The highest BCUT2D eigenvalue weighted by atomic mass is 16.5. The zero-order valence-electron chi connectivity index (χ0n) is 10.3. The molecule has 2 aromatic rings. The Morgan fingerprint density at radius 3 is 3.00 bits per heavy atom. The molecule has 18 heavy (non-hydrogen) atoms. The highest BCUT2D eigenvalue weighted by Gasteiger charge is 2.26. The van der Waals surface area contributed by atoms with Crippen molar-refractivity contribution in [3.63, 3.8) is 0 Å². The Morgan fingerprint density at radius 2 is 2.28 bits per heavy atom. The maximum atomic E-state index is 5.92. The fourth-order valence-electron chi connectivity index (χ4n) is 2.44. The van der Waals surface area contributed by atoms with Gasteiger partial charge in [0.2, 0.25) is 5.88 Å². The molecule has 1 unspecified atom stereocenters. The van der Waals surface area contributed by atoms with Crippen molar-refractivity contribution in [1.82, 2.24) is 5.16 Å². The minimum absolute atomic E-state index is 0.293. The molecule has 0 spiro atoms. The summed E-state index contributed by atoms with van der Waals surface area (Å²) in [4.78, 5) is 0. The first-order valence-corrected chi connectivity index (χ1v) is 6.15. The Morgan fingerprint density at radius 1 is 1.39 bits per heavy atom. The van der Waals surface area contributed by atoms with Crippen LogP contribution in [0.2, 0.25) is 0 Å². The first-order valence-electron chi connectivity index (χ1n) is 6.15. The van der Waals surface area contributed by atoms with Gasteiger partial charge in [-0.2, -0.15) is 0 Å². The Hall–Kier alpha value is -1.81. The van der Waals surface area contributed by atoms with E-state index in [1.54, 1.807) is 0 Å². The third kappa shape index (κ3) is 1.88. The lowest BCUT2D eigenvalue weighted by molar-refractivity contribution is 0.193. The molecule has 1 fully saturated rings. The van der Waals surface area contributed by atoms with Crippen LogP contribution < -0.4 is 5.73 Å². The van der Waals surface area contributed by atoms with E-state index in [0.29, 0.717) is 18.4 Å². The Balaban J connectivity index is 2.07. The van der Waals surface area contributed by atoms with Crippen LogP contribution in [0.4, 0.5) is 5.88 Å². The summed E-state index contributed by atoms with van der Waals surface area (Å²) in [6.07, 6.45) is 0.977. The summed E-state index contributed by atoms with van der Waals surface area (Å²) in [7, 11) is 0. The number of ether oxygens (including phenoxy) is 1. The van der Waals surface area contributed by atoms with Crippen molar-refractivity contribution in [2.45, 2.75) is 19.3 Å². The zero-order chi connectivity index (χ0) is 12.5. The molecule has 1 atom stereocenters. The second-order valence-corrected chi connectivity index (χ2v) is 4.74. The van der Waals surface area contributed by atoms with Crippen LogP contribution in [0.1, 0.15) is 23.6 Å². The summed E-state index contributed by atoms with van der Waals surface area (Å²) in [6.45, 7) is 3.54. The number of hydrogen-bond donors (Lipinski definition) is 1. The summed E-state index contributed by atoms with van der Waals surface area (Å²) < 4.78 is 10.6. The van der Waals surface area contributed by atoms with Crippen LogP contribution in [-0.4, -0.2) is 18.4 Å². The minimum atomic E-state index is 0.293. The molecule has 94 valence electrons. The molecule has 1 aliphatic heterocycles. The van der Waals surface area contributed by atoms with Gasteiger partial charge in [0.1, 0.15) is 0 Å². The smallest absolute Gasteiger partial charge is 0.230 e. The molecule has 0 bridgehead atoms. The first-order chi connectivity index (χ1) is 8.75. The molecule has 1 saturated heterocycles. The summed E-state index contributed by atoms with van der Waals surface area (Å²) in [6, 6.07) is 8.22. The van der Waals surface area contributed by atoms with E-state index in [1.807, 2.05) is 12.1 Å². The van der Waals surface area contributed by atoms with Gasteiger partial charge in [0, 0.05) is 12.5 Å². The van der Waals surface area contributed by atoms with E-state index in [2.05, 4.69) is 24.2 Å². The lowest BCUT2D eigenvalue weighted by Crippen LogP contribution is -2.00. The number of anilines is 1. The molecule has 2 N–H and O–H groups in total. The average molecular weight is 244 g/mol. The predicted molar refractivity (Wildman–Crippen MR) is 69.3 cm³/mol. The fraction of sp³-hybridized carbons (Fsp3) is 0.357. The van der Waals surface area contributed by atoms with E-state index in [1.165, 1.54) is 5.56 Å². The molecular formula is C14H16N2O2. The number of aromatic nitrogens is 1. The van der Waals surface area contributed by atoms with Crippen molar-refractivity contribution in [2.24, 2.45) is 0 Å². The summed E-state index contributed by atoms with van der Waals surface area (Å²) in [5.41, 5.74) is 10.0. The van der Waals surface area contributed by atoms with Gasteiger partial charge in [-0.05, 0) is 18.9 Å². The quantitative estimate of drug-likeness (QED) is 0.882. The molecule has 0 amide bonds. The van der Waals surface area contributed by atoms with Crippen LogP contribution in [0.25, 0.3) is 11.1 Å². The molecule has 1 aromatic carbocycles. The van der Waals surface area contributed by atoms with Crippen molar-refractivity contribution < 1.29 is 9.26 Å². The highest BCUT2D eigenvalue weighted by Crippen LogP contribution is 2.37. The van der Waals surface area contributed by atoms with Gasteiger partial charge in [-0.15, -0.1) is 0 Å². The lowest BCUT2D eigenvalue weighted by Gasteiger charge is -2.07. The van der Waals surface area contributed by atoms with E-state index in [4.69, 9.17) is 15.0 Å². The van der Waals surface area contributed by atoms with Gasteiger partial charge >= 0.3 is 0 Å². The van der Waals surface area contributed by atoms with Gasteiger partial charge in [0.15, 0.2) is 0 Å². The van der Waals surface area contributed by atoms with Crippen LogP contribution in [0.5, 0.6) is 0 Å². The molecule has 4 heteroatoms. The lowest BCUT2D eigenvalue weighted by atomic mass is 9.95. The molecule has 3 rings (SSSR count). The van der Waals surface area contributed by atoms with Crippen molar-refractivity contribution >= 4 is 5.88 Å². The molecule has 0 saturated carbocycles. The van der Waals surface area contributed by atoms with Crippen LogP contribution in [0.3, 0.4) is 0 Å². The number of rotatable bonds is 2. The van der Waals surface area contributed by atoms with Gasteiger partial charge < -0.3 is 15.0 Å².